The number of nitrogens with one attached hydrogen (secondary N) is 1. The zero-order valence-electron chi connectivity index (χ0n) is 25.3. The molecule has 10 heteroatoms. The summed E-state index contributed by atoms with van der Waals surface area (Å²) in [5.74, 6) is -3.05. The van der Waals surface area contributed by atoms with Gasteiger partial charge in [0.25, 0.3) is 5.91 Å². The Kier molecular flexibility index (Phi) is 7.53. The third-order valence-corrected chi connectivity index (χ3v) is 9.60. The summed E-state index contributed by atoms with van der Waals surface area (Å²) in [5.41, 5.74) is 3.62. The second-order valence-electron chi connectivity index (χ2n) is 12.5. The smallest absolute Gasteiger partial charge is 0.273 e. The first-order valence-corrected chi connectivity index (χ1v) is 14.7. The van der Waals surface area contributed by atoms with Crippen LogP contribution in [0.25, 0.3) is 16.8 Å². The number of benzene rings is 2. The number of amides is 2. The number of ether oxygens (including phenoxy) is 1. The lowest BCUT2D eigenvalue weighted by Crippen LogP contribution is -2.51. The molecule has 2 unspecified atom stereocenters. The predicted octanol–water partition coefficient (Wildman–Crippen LogP) is 5.21. The molecule has 6 rings (SSSR count). The van der Waals surface area contributed by atoms with Gasteiger partial charge in [-0.1, -0.05) is 38.1 Å². The number of carbonyl (C=O) groups excluding carboxylic acids is 2. The van der Waals surface area contributed by atoms with Gasteiger partial charge in [-0.3, -0.25) is 14.0 Å². The molecule has 8 nitrogen and oxygen atoms in total. The van der Waals surface area contributed by atoms with Crippen molar-refractivity contribution in [3.8, 4) is 11.1 Å². The van der Waals surface area contributed by atoms with Gasteiger partial charge in [0, 0.05) is 31.8 Å². The number of fused-ring (bicyclic) bond motifs is 2. The van der Waals surface area contributed by atoms with E-state index in [2.05, 4.69) is 24.1 Å². The average Bonchev–Trinajstić information content (AvgIpc) is 3.36. The van der Waals surface area contributed by atoms with Gasteiger partial charge in [-0.25, -0.2) is 13.8 Å². The first kappa shape index (κ1) is 29.9. The fourth-order valence-corrected chi connectivity index (χ4v) is 7.13. The van der Waals surface area contributed by atoms with E-state index in [9.17, 15) is 14.7 Å². The molecule has 4 aromatic rings. The highest BCUT2D eigenvalue weighted by Gasteiger charge is 2.69. The number of imidazole rings is 1. The molecular weight excluding hydrogens is 566 g/mol. The van der Waals surface area contributed by atoms with E-state index in [4.69, 9.17) is 4.74 Å². The zero-order chi connectivity index (χ0) is 31.5. The molecule has 2 N–H and O–H groups in total. The Morgan fingerprint density at radius 2 is 1.86 bits per heavy atom. The Hall–Kier alpha value is -4.15. The van der Waals surface area contributed by atoms with E-state index in [1.54, 1.807) is 27.6 Å². The first-order valence-electron chi connectivity index (χ1n) is 14.7. The molecule has 2 aliphatic rings. The summed E-state index contributed by atoms with van der Waals surface area (Å²) >= 11 is 0. The number of aliphatic hydroxyl groups excluding tert-OH is 1. The lowest BCUT2D eigenvalue weighted by molar-refractivity contribution is -0.128. The predicted molar refractivity (Wildman–Crippen MR) is 161 cm³/mol. The van der Waals surface area contributed by atoms with Crippen molar-refractivity contribution in [2.75, 3.05) is 13.7 Å². The molecule has 1 aliphatic carbocycles. The quantitative estimate of drug-likeness (QED) is 0.270. The van der Waals surface area contributed by atoms with Crippen LogP contribution in [0.3, 0.4) is 0 Å². The number of piperidine rings is 1. The van der Waals surface area contributed by atoms with Gasteiger partial charge in [-0.05, 0) is 77.6 Å². The summed E-state index contributed by atoms with van der Waals surface area (Å²) in [6.07, 6.45) is 1.64. The molecule has 0 spiro atoms. The highest BCUT2D eigenvalue weighted by atomic mass is 19.2. The van der Waals surface area contributed by atoms with E-state index in [0.717, 1.165) is 22.8 Å². The Morgan fingerprint density at radius 3 is 2.57 bits per heavy atom. The minimum Gasteiger partial charge on any atom is -0.368 e. The van der Waals surface area contributed by atoms with Crippen molar-refractivity contribution in [2.45, 2.75) is 52.5 Å². The Morgan fingerprint density at radius 1 is 1.14 bits per heavy atom. The van der Waals surface area contributed by atoms with Crippen LogP contribution in [0.1, 0.15) is 53.5 Å². The van der Waals surface area contributed by atoms with E-state index in [-0.39, 0.29) is 35.1 Å². The van der Waals surface area contributed by atoms with Crippen molar-refractivity contribution in [3.05, 3.63) is 94.9 Å². The topological polar surface area (TPSA) is 96.2 Å². The second-order valence-corrected chi connectivity index (χ2v) is 12.5. The van der Waals surface area contributed by atoms with Crippen LogP contribution in [0.15, 0.2) is 60.9 Å². The van der Waals surface area contributed by atoms with Crippen LogP contribution in [0.5, 0.6) is 0 Å². The van der Waals surface area contributed by atoms with Gasteiger partial charge in [-0.15, -0.1) is 0 Å². The lowest BCUT2D eigenvalue weighted by Gasteiger charge is -2.32. The standard InChI is InChI=1S/C34H36F2N4O4/c1-18-9-8-10-19(2)28(18)20-13-21(30(36)23(35)14-20)24(15-27(41)44-5)38-32(42)31-29-22(34(29,3)4)17-40(31)33(43)25-16-37-26-11-6-7-12-39(25)26/h6-14,16,22,24,27,29,31,41H,15,17H2,1-5H3,(H,38,42)/t22?,24-,27?,29-,31-/m0/s1. The van der Waals surface area contributed by atoms with Crippen molar-refractivity contribution in [2.24, 2.45) is 17.3 Å². The molecule has 0 radical (unpaired) electrons. The van der Waals surface area contributed by atoms with Crippen LogP contribution in [0.4, 0.5) is 8.78 Å². The van der Waals surface area contributed by atoms with Gasteiger partial charge in [0.15, 0.2) is 17.9 Å². The van der Waals surface area contributed by atoms with Crippen LogP contribution >= 0.6 is 0 Å². The third kappa shape index (κ3) is 4.95. The van der Waals surface area contributed by atoms with Crippen LogP contribution in [-0.2, 0) is 9.53 Å². The molecule has 2 fully saturated rings. The van der Waals surface area contributed by atoms with Gasteiger partial charge in [-0.2, -0.15) is 0 Å². The number of aliphatic hydroxyl groups is 1. The van der Waals surface area contributed by atoms with Crippen LogP contribution in [0, 0.1) is 42.7 Å². The number of hydrogen-bond acceptors (Lipinski definition) is 5. The minimum absolute atomic E-state index is 0.103. The number of pyridine rings is 1. The Balaban J connectivity index is 1.36. The average molecular weight is 603 g/mol. The Labute approximate surface area is 254 Å². The molecule has 0 bridgehead atoms. The van der Waals surface area contributed by atoms with E-state index in [0.29, 0.717) is 23.4 Å². The van der Waals surface area contributed by atoms with Crippen molar-refractivity contribution < 1.29 is 28.2 Å². The highest BCUT2D eigenvalue weighted by Crippen LogP contribution is 2.65. The van der Waals surface area contributed by atoms with E-state index in [1.807, 2.05) is 38.1 Å². The lowest BCUT2D eigenvalue weighted by atomic mass is 9.91. The maximum absolute atomic E-state index is 15.6. The maximum Gasteiger partial charge on any atom is 0.273 e. The summed E-state index contributed by atoms with van der Waals surface area (Å²) in [4.78, 5) is 33.9. The number of hydrogen-bond donors (Lipinski definition) is 2. The molecule has 1 saturated carbocycles. The van der Waals surface area contributed by atoms with Crippen molar-refractivity contribution in [1.82, 2.24) is 19.6 Å². The van der Waals surface area contributed by atoms with Crippen LogP contribution in [0.2, 0.25) is 0 Å². The zero-order valence-corrected chi connectivity index (χ0v) is 25.3. The number of aromatic nitrogens is 2. The molecule has 3 heterocycles. The van der Waals surface area contributed by atoms with E-state index in [1.165, 1.54) is 19.4 Å². The number of halogens is 2. The van der Waals surface area contributed by atoms with E-state index < -0.39 is 35.9 Å². The summed E-state index contributed by atoms with van der Waals surface area (Å²) in [7, 11) is 1.29. The normalized spacial score (nSPS) is 21.6. The number of carbonyl (C=O) groups is 2. The number of methoxy groups -OCH3 is 1. The summed E-state index contributed by atoms with van der Waals surface area (Å²) in [6, 6.07) is 11.7. The third-order valence-electron chi connectivity index (χ3n) is 9.60. The van der Waals surface area contributed by atoms with Crippen LogP contribution in [-0.4, -0.2) is 57.2 Å². The van der Waals surface area contributed by atoms with Gasteiger partial charge < -0.3 is 20.1 Å². The Bertz CT molecular complexity index is 1750. The van der Waals surface area contributed by atoms with Gasteiger partial charge in [0.05, 0.1) is 12.2 Å². The fraction of sp³-hybridized carbons (Fsp3) is 0.382. The van der Waals surface area contributed by atoms with E-state index >= 15 is 8.78 Å². The number of aryl methyl sites for hydroxylation is 2. The van der Waals surface area contributed by atoms with Crippen molar-refractivity contribution in [3.63, 3.8) is 0 Å². The molecular formula is C34H36F2N4O4. The molecule has 2 aromatic heterocycles. The minimum atomic E-state index is -1.36. The van der Waals surface area contributed by atoms with Gasteiger partial charge in [0.1, 0.15) is 17.4 Å². The van der Waals surface area contributed by atoms with Gasteiger partial charge >= 0.3 is 0 Å². The molecule has 2 aromatic carbocycles. The monoisotopic (exact) mass is 602 g/mol. The fourth-order valence-electron chi connectivity index (χ4n) is 7.13. The number of rotatable bonds is 8. The number of likely N-dealkylation sites (tertiary alicyclic amines) is 1. The van der Waals surface area contributed by atoms with Gasteiger partial charge in [0.2, 0.25) is 5.91 Å². The summed E-state index contributed by atoms with van der Waals surface area (Å²) in [5, 5.41) is 13.3. The molecule has 230 valence electrons. The second kappa shape index (κ2) is 11.1. The highest BCUT2D eigenvalue weighted by molar-refractivity contribution is 5.98. The summed E-state index contributed by atoms with van der Waals surface area (Å²) < 4.78 is 37.5. The number of nitrogens with zero attached hydrogens (tertiary/aromatic N) is 3. The molecule has 44 heavy (non-hydrogen) atoms. The molecule has 1 saturated heterocycles. The van der Waals surface area contributed by atoms with Crippen molar-refractivity contribution >= 4 is 17.5 Å². The summed E-state index contributed by atoms with van der Waals surface area (Å²) in [6.45, 7) is 8.29. The SMILES string of the molecule is COC(O)C[C@H](NC(=O)[C@@H]1[C@@H]2C(CN1C(=O)c1cnc3ccccn13)C2(C)C)c1cc(-c2c(C)cccc2C)cc(F)c1F. The maximum atomic E-state index is 15.6. The van der Waals surface area contributed by atoms with Crippen molar-refractivity contribution in [1.29, 1.82) is 0 Å². The molecule has 2 amide bonds. The molecule has 5 atom stereocenters. The largest absolute Gasteiger partial charge is 0.368 e. The first-order chi connectivity index (χ1) is 20.9. The van der Waals surface area contributed by atoms with Crippen LogP contribution < -0.4 is 5.32 Å². The molecule has 1 aliphatic heterocycles.